The number of halogens is 1. The third-order valence-corrected chi connectivity index (χ3v) is 4.05. The molecule has 4 rings (SSSR count). The molecule has 124 valence electrons. The van der Waals surface area contributed by atoms with Crippen molar-refractivity contribution in [3.63, 3.8) is 0 Å². The zero-order valence-corrected chi connectivity index (χ0v) is 14.1. The number of methoxy groups -OCH3 is 1. The largest absolute Gasteiger partial charge is 0.495 e. The Bertz CT molecular complexity index is 1030. The molecule has 0 spiro atoms. The summed E-state index contributed by atoms with van der Waals surface area (Å²) in [6, 6.07) is 16.9. The van der Waals surface area contributed by atoms with Crippen molar-refractivity contribution < 1.29 is 9.15 Å². The highest BCUT2D eigenvalue weighted by Gasteiger charge is 2.12. The van der Waals surface area contributed by atoms with Gasteiger partial charge in [-0.25, -0.2) is 9.97 Å². The van der Waals surface area contributed by atoms with Gasteiger partial charge in [0.05, 0.1) is 23.9 Å². The highest BCUT2D eigenvalue weighted by molar-refractivity contribution is 6.32. The van der Waals surface area contributed by atoms with E-state index in [1.165, 1.54) is 0 Å². The number of hydrogen-bond acceptors (Lipinski definition) is 5. The predicted molar refractivity (Wildman–Crippen MR) is 98.5 cm³/mol. The molecule has 1 N–H and O–H groups in total. The van der Waals surface area contributed by atoms with Crippen molar-refractivity contribution in [2.45, 2.75) is 0 Å². The van der Waals surface area contributed by atoms with Gasteiger partial charge in [0.15, 0.2) is 11.6 Å². The molecule has 0 atom stereocenters. The molecule has 5 nitrogen and oxygen atoms in total. The van der Waals surface area contributed by atoms with Crippen LogP contribution < -0.4 is 10.1 Å². The minimum Gasteiger partial charge on any atom is -0.495 e. The van der Waals surface area contributed by atoms with Gasteiger partial charge in [-0.05, 0) is 42.5 Å². The molecule has 2 aromatic carbocycles. The maximum absolute atomic E-state index is 6.21. The topological polar surface area (TPSA) is 60.2 Å². The van der Waals surface area contributed by atoms with Gasteiger partial charge in [0.2, 0.25) is 0 Å². The summed E-state index contributed by atoms with van der Waals surface area (Å²) in [4.78, 5) is 9.19. The van der Waals surface area contributed by atoms with Gasteiger partial charge in [-0.2, -0.15) is 0 Å². The first kappa shape index (κ1) is 15.5. The Morgan fingerprint density at radius 2 is 1.92 bits per heavy atom. The zero-order chi connectivity index (χ0) is 17.2. The van der Waals surface area contributed by atoms with E-state index in [9.17, 15) is 0 Å². The van der Waals surface area contributed by atoms with Crippen molar-refractivity contribution in [2.24, 2.45) is 0 Å². The lowest BCUT2D eigenvalue weighted by Gasteiger charge is -2.11. The molecule has 0 bridgehead atoms. The smallest absolute Gasteiger partial charge is 0.198 e. The van der Waals surface area contributed by atoms with Crippen LogP contribution in [0.2, 0.25) is 5.02 Å². The first-order valence-corrected chi connectivity index (χ1v) is 8.03. The number of aromatic nitrogens is 2. The first-order chi connectivity index (χ1) is 12.2. The maximum atomic E-state index is 6.21. The van der Waals surface area contributed by atoms with Gasteiger partial charge in [-0.1, -0.05) is 23.7 Å². The lowest BCUT2D eigenvalue weighted by atomic mass is 10.2. The Kier molecular flexibility index (Phi) is 3.99. The number of ether oxygens (including phenoxy) is 1. The molecule has 4 aromatic rings. The molecule has 0 aliphatic rings. The number of hydrogen-bond donors (Lipinski definition) is 1. The Labute approximate surface area is 149 Å². The van der Waals surface area contributed by atoms with Crippen LogP contribution in [0.3, 0.4) is 0 Å². The second kappa shape index (κ2) is 6.45. The molecule has 2 heterocycles. The standard InChI is InChI=1S/C19H14ClN3O2/c1-24-16-9-8-12(11-14(16)20)21-18-13-5-2-3-6-15(13)22-19(23-18)17-7-4-10-25-17/h2-11H,1H3,(H,21,22,23). The molecule has 0 unspecified atom stereocenters. The number of benzene rings is 2. The van der Waals surface area contributed by atoms with Crippen LogP contribution in [0.1, 0.15) is 0 Å². The number of anilines is 2. The van der Waals surface area contributed by atoms with Crippen molar-refractivity contribution in [3.05, 3.63) is 65.9 Å². The number of rotatable bonds is 4. The highest BCUT2D eigenvalue weighted by Crippen LogP contribution is 2.31. The monoisotopic (exact) mass is 351 g/mol. The van der Waals surface area contributed by atoms with Crippen LogP contribution >= 0.6 is 11.6 Å². The van der Waals surface area contributed by atoms with E-state index >= 15 is 0 Å². The molecule has 6 heteroatoms. The van der Waals surface area contributed by atoms with E-state index in [0.29, 0.717) is 28.2 Å². The Morgan fingerprint density at radius 1 is 1.04 bits per heavy atom. The second-order valence-corrected chi connectivity index (χ2v) is 5.77. The lowest BCUT2D eigenvalue weighted by Crippen LogP contribution is -1.99. The van der Waals surface area contributed by atoms with Gasteiger partial charge < -0.3 is 14.5 Å². The lowest BCUT2D eigenvalue weighted by molar-refractivity contribution is 0.415. The van der Waals surface area contributed by atoms with E-state index < -0.39 is 0 Å². The minimum absolute atomic E-state index is 0.519. The molecule has 0 saturated heterocycles. The van der Waals surface area contributed by atoms with Gasteiger partial charge >= 0.3 is 0 Å². The fourth-order valence-corrected chi connectivity index (χ4v) is 2.83. The normalized spacial score (nSPS) is 10.8. The van der Waals surface area contributed by atoms with Crippen LogP contribution in [-0.2, 0) is 0 Å². The summed E-state index contributed by atoms with van der Waals surface area (Å²) in [6.07, 6.45) is 1.60. The third kappa shape index (κ3) is 3.02. The highest BCUT2D eigenvalue weighted by atomic mass is 35.5. The van der Waals surface area contributed by atoms with Crippen LogP contribution in [0.25, 0.3) is 22.5 Å². The molecule has 0 amide bonds. The molecule has 0 saturated carbocycles. The Balaban J connectivity index is 1.81. The molecular formula is C19H14ClN3O2. The van der Waals surface area contributed by atoms with Crippen LogP contribution in [-0.4, -0.2) is 17.1 Å². The Morgan fingerprint density at radius 3 is 2.68 bits per heavy atom. The number of nitrogens with zero attached hydrogens (tertiary/aromatic N) is 2. The zero-order valence-electron chi connectivity index (χ0n) is 13.4. The number of furan rings is 1. The van der Waals surface area contributed by atoms with E-state index in [-0.39, 0.29) is 0 Å². The average molecular weight is 352 g/mol. The molecule has 0 radical (unpaired) electrons. The van der Waals surface area contributed by atoms with Crippen LogP contribution in [0, 0.1) is 0 Å². The predicted octanol–water partition coefficient (Wildman–Crippen LogP) is 5.30. The SMILES string of the molecule is COc1ccc(Nc2nc(-c3ccco3)nc3ccccc23)cc1Cl. The fourth-order valence-electron chi connectivity index (χ4n) is 2.57. The van der Waals surface area contributed by atoms with Crippen LogP contribution in [0.4, 0.5) is 11.5 Å². The first-order valence-electron chi connectivity index (χ1n) is 7.66. The van der Waals surface area contributed by atoms with Gasteiger partial charge in [-0.3, -0.25) is 0 Å². The van der Waals surface area contributed by atoms with E-state index in [2.05, 4.69) is 15.3 Å². The quantitative estimate of drug-likeness (QED) is 0.541. The second-order valence-electron chi connectivity index (χ2n) is 5.36. The molecule has 2 aromatic heterocycles. The van der Waals surface area contributed by atoms with Gasteiger partial charge in [0.1, 0.15) is 11.6 Å². The summed E-state index contributed by atoms with van der Waals surface area (Å²) < 4.78 is 10.6. The van der Waals surface area contributed by atoms with Crippen molar-refractivity contribution in [1.29, 1.82) is 0 Å². The fraction of sp³-hybridized carbons (Fsp3) is 0.0526. The molecule has 0 aliphatic carbocycles. The Hall–Kier alpha value is -3.05. The number of para-hydroxylation sites is 1. The molecule has 0 aliphatic heterocycles. The number of nitrogens with one attached hydrogen (secondary N) is 1. The van der Waals surface area contributed by atoms with Crippen molar-refractivity contribution >= 4 is 34.0 Å². The summed E-state index contributed by atoms with van der Waals surface area (Å²) in [6.45, 7) is 0. The van der Waals surface area contributed by atoms with E-state index in [1.54, 1.807) is 19.4 Å². The summed E-state index contributed by atoms with van der Waals surface area (Å²) in [5.74, 6) is 2.43. The van der Waals surface area contributed by atoms with Crippen molar-refractivity contribution in [1.82, 2.24) is 9.97 Å². The van der Waals surface area contributed by atoms with Crippen LogP contribution in [0.5, 0.6) is 5.75 Å². The van der Waals surface area contributed by atoms with E-state index in [1.807, 2.05) is 48.5 Å². The van der Waals surface area contributed by atoms with Crippen LogP contribution in [0.15, 0.2) is 65.3 Å². The van der Waals surface area contributed by atoms with Gasteiger partial charge in [-0.15, -0.1) is 0 Å². The van der Waals surface area contributed by atoms with E-state index in [4.69, 9.17) is 20.8 Å². The molecule has 0 fully saturated rings. The summed E-state index contributed by atoms with van der Waals surface area (Å²) in [5.41, 5.74) is 1.63. The van der Waals surface area contributed by atoms with Crippen molar-refractivity contribution in [3.8, 4) is 17.3 Å². The van der Waals surface area contributed by atoms with Gasteiger partial charge in [0.25, 0.3) is 0 Å². The van der Waals surface area contributed by atoms with Gasteiger partial charge in [0, 0.05) is 11.1 Å². The molecule has 25 heavy (non-hydrogen) atoms. The van der Waals surface area contributed by atoms with Crippen molar-refractivity contribution in [2.75, 3.05) is 12.4 Å². The maximum Gasteiger partial charge on any atom is 0.198 e. The average Bonchev–Trinajstić information content (AvgIpc) is 3.16. The number of fused-ring (bicyclic) bond motifs is 1. The minimum atomic E-state index is 0.519. The summed E-state index contributed by atoms with van der Waals surface area (Å²) in [5, 5.41) is 4.74. The molecular weight excluding hydrogens is 338 g/mol. The summed E-state index contributed by atoms with van der Waals surface area (Å²) >= 11 is 6.21. The summed E-state index contributed by atoms with van der Waals surface area (Å²) in [7, 11) is 1.59. The van der Waals surface area contributed by atoms with E-state index in [0.717, 1.165) is 16.6 Å². The third-order valence-electron chi connectivity index (χ3n) is 3.76.